The minimum absolute atomic E-state index is 0.164. The van der Waals surface area contributed by atoms with Crippen LogP contribution in [0.5, 0.6) is 5.75 Å². The van der Waals surface area contributed by atoms with E-state index in [1.54, 1.807) is 12.4 Å². The maximum Gasteiger partial charge on any atom is 0.161 e. The van der Waals surface area contributed by atoms with Crippen molar-refractivity contribution < 1.29 is 9.50 Å². The summed E-state index contributed by atoms with van der Waals surface area (Å²) >= 11 is 0. The van der Waals surface area contributed by atoms with Crippen LogP contribution in [0, 0.1) is 5.82 Å². The minimum Gasteiger partial charge on any atom is -0.508 e. The summed E-state index contributed by atoms with van der Waals surface area (Å²) in [7, 11) is 4.08. The van der Waals surface area contributed by atoms with E-state index < -0.39 is 5.82 Å². The SMILES string of the molecule is CN(C)Cc1cccc(-c2ccc3[nH]nc(-c4nc5c(-c6cc(O)cc(F)c6)cncc5[nH]4)c3n2)c1. The van der Waals surface area contributed by atoms with Gasteiger partial charge in [0.05, 0.1) is 28.4 Å². The first-order valence-electron chi connectivity index (χ1n) is 11.4. The molecule has 0 amide bonds. The van der Waals surface area contributed by atoms with Crippen molar-refractivity contribution in [2.45, 2.75) is 6.54 Å². The van der Waals surface area contributed by atoms with Gasteiger partial charge in [-0.25, -0.2) is 14.4 Å². The number of fused-ring (bicyclic) bond motifs is 2. The number of benzene rings is 2. The smallest absolute Gasteiger partial charge is 0.161 e. The van der Waals surface area contributed by atoms with Crippen molar-refractivity contribution in [2.24, 2.45) is 0 Å². The highest BCUT2D eigenvalue weighted by atomic mass is 19.1. The lowest BCUT2D eigenvalue weighted by atomic mass is 10.1. The molecule has 0 bridgehead atoms. The van der Waals surface area contributed by atoms with Crippen molar-refractivity contribution in [1.82, 2.24) is 35.0 Å². The lowest BCUT2D eigenvalue weighted by Crippen LogP contribution is -2.10. The van der Waals surface area contributed by atoms with E-state index in [1.807, 2.05) is 38.4 Å². The van der Waals surface area contributed by atoms with Crippen LogP contribution in [0.1, 0.15) is 5.56 Å². The number of aromatic nitrogens is 6. The summed E-state index contributed by atoms with van der Waals surface area (Å²) in [6.07, 6.45) is 3.25. The third-order valence-electron chi connectivity index (χ3n) is 5.94. The third-order valence-corrected chi connectivity index (χ3v) is 5.94. The number of halogens is 1. The van der Waals surface area contributed by atoms with E-state index >= 15 is 0 Å². The third kappa shape index (κ3) is 3.95. The van der Waals surface area contributed by atoms with Gasteiger partial charge < -0.3 is 15.0 Å². The standard InChI is InChI=1S/C27H22FN7O/c1-35(2)14-15-4-3-5-16(8-15)21-6-7-22-25(30-21)26(34-33-22)27-31-23-13-29-12-20(24(23)32-27)17-9-18(28)11-19(36)10-17/h3-13,36H,14H2,1-2H3,(H,31,32)(H,33,34). The van der Waals surface area contributed by atoms with Crippen molar-refractivity contribution in [2.75, 3.05) is 14.1 Å². The van der Waals surface area contributed by atoms with Crippen LogP contribution in [0.4, 0.5) is 4.39 Å². The highest BCUT2D eigenvalue weighted by Gasteiger charge is 2.18. The Morgan fingerprint density at radius 1 is 0.917 bits per heavy atom. The number of rotatable bonds is 5. The number of hydrogen-bond donors (Lipinski definition) is 3. The Morgan fingerprint density at radius 3 is 2.64 bits per heavy atom. The lowest BCUT2D eigenvalue weighted by molar-refractivity contribution is 0.402. The summed E-state index contributed by atoms with van der Waals surface area (Å²) in [6.45, 7) is 0.839. The molecule has 0 saturated carbocycles. The summed E-state index contributed by atoms with van der Waals surface area (Å²) in [5, 5.41) is 17.4. The number of phenols is 1. The molecule has 4 aromatic heterocycles. The molecule has 0 aliphatic rings. The van der Waals surface area contributed by atoms with Crippen LogP contribution in [0.25, 0.3) is 56.0 Å². The lowest BCUT2D eigenvalue weighted by Gasteiger charge is -2.10. The number of aromatic hydroxyl groups is 1. The molecule has 6 aromatic rings. The van der Waals surface area contributed by atoms with Crippen LogP contribution >= 0.6 is 0 Å². The summed E-state index contributed by atoms with van der Waals surface area (Å²) in [5.41, 5.74) is 7.42. The van der Waals surface area contributed by atoms with Crippen LogP contribution in [-0.4, -0.2) is 54.2 Å². The Balaban J connectivity index is 1.45. The van der Waals surface area contributed by atoms with Crippen LogP contribution < -0.4 is 0 Å². The van der Waals surface area contributed by atoms with Gasteiger partial charge in [0.1, 0.15) is 17.1 Å². The second kappa shape index (κ2) is 8.54. The van der Waals surface area contributed by atoms with E-state index in [2.05, 4.69) is 37.2 Å². The van der Waals surface area contributed by atoms with Crippen LogP contribution in [0.2, 0.25) is 0 Å². The van der Waals surface area contributed by atoms with Gasteiger partial charge in [-0.1, -0.05) is 18.2 Å². The molecule has 0 saturated heterocycles. The van der Waals surface area contributed by atoms with Gasteiger partial charge in [-0.15, -0.1) is 0 Å². The van der Waals surface area contributed by atoms with Crippen molar-refractivity contribution in [3.05, 3.63) is 78.4 Å². The largest absolute Gasteiger partial charge is 0.508 e. The van der Waals surface area contributed by atoms with Gasteiger partial charge in [-0.3, -0.25) is 10.1 Å². The van der Waals surface area contributed by atoms with E-state index in [9.17, 15) is 9.50 Å². The summed E-state index contributed by atoms with van der Waals surface area (Å²) < 4.78 is 13.9. The molecule has 9 heteroatoms. The van der Waals surface area contributed by atoms with Crippen LogP contribution in [0.3, 0.4) is 0 Å². The van der Waals surface area contributed by atoms with Crippen LogP contribution in [-0.2, 0) is 6.54 Å². The van der Waals surface area contributed by atoms with Gasteiger partial charge in [0.15, 0.2) is 11.5 Å². The maximum absolute atomic E-state index is 13.9. The summed E-state index contributed by atoms with van der Waals surface area (Å²) in [4.78, 5) is 19.3. The minimum atomic E-state index is -0.539. The quantitative estimate of drug-likeness (QED) is 0.316. The van der Waals surface area contributed by atoms with Gasteiger partial charge in [-0.2, -0.15) is 5.10 Å². The van der Waals surface area contributed by atoms with E-state index in [0.29, 0.717) is 39.2 Å². The van der Waals surface area contributed by atoms with Gasteiger partial charge in [0.2, 0.25) is 0 Å². The fraction of sp³-hybridized carbons (Fsp3) is 0.111. The highest BCUT2D eigenvalue weighted by Crippen LogP contribution is 2.33. The number of aromatic amines is 2. The molecule has 0 unspecified atom stereocenters. The zero-order valence-corrected chi connectivity index (χ0v) is 19.6. The van der Waals surface area contributed by atoms with Gasteiger partial charge in [0.25, 0.3) is 0 Å². The topological polar surface area (TPSA) is 107 Å². The fourth-order valence-electron chi connectivity index (χ4n) is 4.40. The molecule has 6 rings (SSSR count). The first kappa shape index (κ1) is 21.9. The number of nitrogens with one attached hydrogen (secondary N) is 2. The summed E-state index contributed by atoms with van der Waals surface area (Å²) in [5.74, 6) is -0.193. The zero-order chi connectivity index (χ0) is 24.8. The van der Waals surface area contributed by atoms with E-state index in [-0.39, 0.29) is 5.75 Å². The molecule has 0 fully saturated rings. The van der Waals surface area contributed by atoms with E-state index in [0.717, 1.165) is 29.4 Å². The van der Waals surface area contributed by atoms with Crippen molar-refractivity contribution >= 4 is 22.1 Å². The molecular formula is C27H22FN7O. The molecule has 4 heterocycles. The number of pyridine rings is 2. The average molecular weight is 480 g/mol. The molecule has 0 aliphatic heterocycles. The molecular weight excluding hydrogens is 457 g/mol. The van der Waals surface area contributed by atoms with E-state index in [4.69, 9.17) is 9.97 Å². The molecule has 36 heavy (non-hydrogen) atoms. The maximum atomic E-state index is 13.9. The van der Waals surface area contributed by atoms with Gasteiger partial charge >= 0.3 is 0 Å². The van der Waals surface area contributed by atoms with E-state index in [1.165, 1.54) is 17.7 Å². The number of H-pyrrole nitrogens is 2. The zero-order valence-electron chi connectivity index (χ0n) is 19.6. The molecule has 3 N–H and O–H groups in total. The predicted octanol–water partition coefficient (Wildman–Crippen LogP) is 5.14. The molecule has 0 aliphatic carbocycles. The van der Waals surface area contributed by atoms with Crippen molar-refractivity contribution in [3.8, 4) is 39.7 Å². The Bertz CT molecular complexity index is 1720. The van der Waals surface area contributed by atoms with Gasteiger partial charge in [0, 0.05) is 29.9 Å². The molecule has 0 radical (unpaired) electrons. The van der Waals surface area contributed by atoms with Gasteiger partial charge in [-0.05, 0) is 55.6 Å². The molecule has 2 aromatic carbocycles. The Kier molecular flexibility index (Phi) is 5.19. The average Bonchev–Trinajstić information content (AvgIpc) is 3.46. The molecule has 178 valence electrons. The molecule has 0 spiro atoms. The number of nitrogens with zero attached hydrogens (tertiary/aromatic N) is 5. The number of hydrogen-bond acceptors (Lipinski definition) is 6. The Labute approximate surface area is 205 Å². The monoisotopic (exact) mass is 479 g/mol. The predicted molar refractivity (Wildman–Crippen MR) is 137 cm³/mol. The van der Waals surface area contributed by atoms with Crippen molar-refractivity contribution in [3.63, 3.8) is 0 Å². The second-order valence-electron chi connectivity index (χ2n) is 8.97. The summed E-state index contributed by atoms with van der Waals surface area (Å²) in [6, 6.07) is 16.1. The van der Waals surface area contributed by atoms with Crippen molar-refractivity contribution in [1.29, 1.82) is 0 Å². The Hall–Kier alpha value is -4.63. The second-order valence-corrected chi connectivity index (χ2v) is 8.97. The normalized spacial score (nSPS) is 11.7. The first-order valence-corrected chi connectivity index (χ1v) is 11.4. The number of imidazole rings is 1. The number of phenolic OH excluding ortho intramolecular Hbond substituents is 1. The first-order chi connectivity index (χ1) is 17.4. The fourth-order valence-corrected chi connectivity index (χ4v) is 4.40. The molecule has 8 nitrogen and oxygen atoms in total. The highest BCUT2D eigenvalue weighted by molar-refractivity contribution is 5.96. The molecule has 0 atom stereocenters. The van der Waals surface area contributed by atoms with Crippen LogP contribution in [0.15, 0.2) is 67.0 Å². The Morgan fingerprint density at radius 2 is 1.81 bits per heavy atom.